The standard InChI is InChI=1S/C11H15N3O2/c12-10(15)9-6-8(2-5-13-9)14-7-11(16)3-1-4-11/h2,5-6,16H,1,3-4,7H2,(H2,12,15)(H,13,14). The van der Waals surface area contributed by atoms with Gasteiger partial charge in [-0.05, 0) is 31.4 Å². The van der Waals surface area contributed by atoms with Crippen LogP contribution in [0.5, 0.6) is 0 Å². The number of aliphatic hydroxyl groups is 1. The maximum absolute atomic E-state index is 10.9. The second kappa shape index (κ2) is 4.09. The number of anilines is 1. The van der Waals surface area contributed by atoms with Gasteiger partial charge in [-0.1, -0.05) is 0 Å². The lowest BCUT2D eigenvalue weighted by atomic mass is 9.80. The van der Waals surface area contributed by atoms with Crippen LogP contribution in [0.2, 0.25) is 0 Å². The summed E-state index contributed by atoms with van der Waals surface area (Å²) < 4.78 is 0. The minimum Gasteiger partial charge on any atom is -0.388 e. The summed E-state index contributed by atoms with van der Waals surface area (Å²) in [6.07, 6.45) is 4.25. The number of primary amides is 1. The summed E-state index contributed by atoms with van der Waals surface area (Å²) in [5.41, 5.74) is 5.52. The summed E-state index contributed by atoms with van der Waals surface area (Å²) in [7, 11) is 0. The molecule has 0 spiro atoms. The molecule has 0 bridgehead atoms. The summed E-state index contributed by atoms with van der Waals surface area (Å²) in [6, 6.07) is 3.33. The van der Waals surface area contributed by atoms with Crippen molar-refractivity contribution in [3.8, 4) is 0 Å². The monoisotopic (exact) mass is 221 g/mol. The molecule has 1 aliphatic carbocycles. The summed E-state index contributed by atoms with van der Waals surface area (Å²) >= 11 is 0. The van der Waals surface area contributed by atoms with E-state index in [-0.39, 0.29) is 5.69 Å². The summed E-state index contributed by atoms with van der Waals surface area (Å²) in [5, 5.41) is 13.0. The molecule has 0 saturated heterocycles. The highest BCUT2D eigenvalue weighted by atomic mass is 16.3. The van der Waals surface area contributed by atoms with Crippen molar-refractivity contribution in [2.24, 2.45) is 5.73 Å². The van der Waals surface area contributed by atoms with Gasteiger partial charge in [-0.15, -0.1) is 0 Å². The zero-order valence-corrected chi connectivity index (χ0v) is 8.94. The topological polar surface area (TPSA) is 88.2 Å². The van der Waals surface area contributed by atoms with E-state index in [1.807, 2.05) is 0 Å². The lowest BCUT2D eigenvalue weighted by molar-refractivity contribution is -0.0201. The Bertz CT molecular complexity index is 402. The summed E-state index contributed by atoms with van der Waals surface area (Å²) in [5.74, 6) is -0.550. The van der Waals surface area contributed by atoms with Gasteiger partial charge in [0.25, 0.3) is 5.91 Å². The van der Waals surface area contributed by atoms with Crippen molar-refractivity contribution in [2.75, 3.05) is 11.9 Å². The molecular weight excluding hydrogens is 206 g/mol. The highest BCUT2D eigenvalue weighted by Crippen LogP contribution is 2.31. The van der Waals surface area contributed by atoms with Crippen LogP contribution in [0.25, 0.3) is 0 Å². The molecule has 1 aliphatic rings. The van der Waals surface area contributed by atoms with Gasteiger partial charge in [0.1, 0.15) is 5.69 Å². The number of hydrogen-bond donors (Lipinski definition) is 3. The fourth-order valence-electron chi connectivity index (χ4n) is 1.70. The highest BCUT2D eigenvalue weighted by Gasteiger charge is 2.33. The van der Waals surface area contributed by atoms with Gasteiger partial charge in [0.2, 0.25) is 0 Å². The Balaban J connectivity index is 1.98. The lowest BCUT2D eigenvalue weighted by Gasteiger charge is -2.36. The maximum atomic E-state index is 10.9. The number of nitrogens with one attached hydrogen (secondary N) is 1. The average Bonchev–Trinajstić information content (AvgIpc) is 2.24. The molecule has 0 radical (unpaired) electrons. The van der Waals surface area contributed by atoms with Crippen LogP contribution in [0.4, 0.5) is 5.69 Å². The molecule has 1 saturated carbocycles. The molecule has 0 aliphatic heterocycles. The predicted octanol–water partition coefficient (Wildman–Crippen LogP) is 0.507. The van der Waals surface area contributed by atoms with Crippen LogP contribution >= 0.6 is 0 Å². The third-order valence-corrected chi connectivity index (χ3v) is 2.92. The van der Waals surface area contributed by atoms with Gasteiger partial charge in [-0.2, -0.15) is 0 Å². The molecule has 1 heterocycles. The van der Waals surface area contributed by atoms with Crippen LogP contribution in [0.1, 0.15) is 29.8 Å². The molecule has 1 amide bonds. The number of aromatic nitrogens is 1. The van der Waals surface area contributed by atoms with E-state index in [4.69, 9.17) is 5.73 Å². The molecule has 1 aromatic rings. The van der Waals surface area contributed by atoms with Gasteiger partial charge >= 0.3 is 0 Å². The Morgan fingerprint density at radius 1 is 1.62 bits per heavy atom. The Kier molecular flexibility index (Phi) is 2.78. The van der Waals surface area contributed by atoms with Gasteiger partial charge in [-0.25, -0.2) is 0 Å². The van der Waals surface area contributed by atoms with Crippen molar-refractivity contribution in [3.63, 3.8) is 0 Å². The molecule has 4 N–H and O–H groups in total. The van der Waals surface area contributed by atoms with Crippen LogP contribution in [-0.4, -0.2) is 28.1 Å². The third-order valence-electron chi connectivity index (χ3n) is 2.92. The quantitative estimate of drug-likeness (QED) is 0.691. The smallest absolute Gasteiger partial charge is 0.267 e. The molecule has 5 heteroatoms. The number of nitrogens with two attached hydrogens (primary N) is 1. The number of carbonyl (C=O) groups is 1. The summed E-state index contributed by atoms with van der Waals surface area (Å²) in [4.78, 5) is 14.7. The van der Waals surface area contributed by atoms with E-state index in [2.05, 4.69) is 10.3 Å². The van der Waals surface area contributed by atoms with Crippen molar-refractivity contribution in [2.45, 2.75) is 24.9 Å². The van der Waals surface area contributed by atoms with Crippen molar-refractivity contribution in [1.82, 2.24) is 4.98 Å². The van der Waals surface area contributed by atoms with E-state index in [1.54, 1.807) is 12.1 Å². The van der Waals surface area contributed by atoms with Gasteiger partial charge in [0.05, 0.1) is 5.60 Å². The number of pyridine rings is 1. The fraction of sp³-hybridized carbons (Fsp3) is 0.455. The maximum Gasteiger partial charge on any atom is 0.267 e. The van der Waals surface area contributed by atoms with Crippen molar-refractivity contribution < 1.29 is 9.90 Å². The van der Waals surface area contributed by atoms with Crippen LogP contribution in [-0.2, 0) is 0 Å². The van der Waals surface area contributed by atoms with E-state index in [0.29, 0.717) is 6.54 Å². The first-order chi connectivity index (χ1) is 7.59. The minimum absolute atomic E-state index is 0.227. The average molecular weight is 221 g/mol. The van der Waals surface area contributed by atoms with Crippen molar-refractivity contribution in [3.05, 3.63) is 24.0 Å². The highest BCUT2D eigenvalue weighted by molar-refractivity contribution is 5.91. The molecule has 0 unspecified atom stereocenters. The largest absolute Gasteiger partial charge is 0.388 e. The molecule has 16 heavy (non-hydrogen) atoms. The number of carbonyl (C=O) groups excluding carboxylic acids is 1. The lowest BCUT2D eigenvalue weighted by Crippen LogP contribution is -2.43. The first-order valence-electron chi connectivity index (χ1n) is 5.31. The van der Waals surface area contributed by atoms with E-state index in [0.717, 1.165) is 24.9 Å². The van der Waals surface area contributed by atoms with Crippen molar-refractivity contribution in [1.29, 1.82) is 0 Å². The second-order valence-electron chi connectivity index (χ2n) is 4.23. The molecule has 0 atom stereocenters. The Morgan fingerprint density at radius 3 is 2.94 bits per heavy atom. The normalized spacial score (nSPS) is 17.6. The number of nitrogens with zero attached hydrogens (tertiary/aromatic N) is 1. The van der Waals surface area contributed by atoms with Crippen LogP contribution in [0, 0.1) is 0 Å². The minimum atomic E-state index is -0.587. The van der Waals surface area contributed by atoms with Crippen LogP contribution < -0.4 is 11.1 Å². The first-order valence-corrected chi connectivity index (χ1v) is 5.31. The van der Waals surface area contributed by atoms with Crippen LogP contribution in [0.3, 0.4) is 0 Å². The second-order valence-corrected chi connectivity index (χ2v) is 4.23. The number of rotatable bonds is 4. The molecule has 2 rings (SSSR count). The zero-order chi connectivity index (χ0) is 11.6. The van der Waals surface area contributed by atoms with E-state index >= 15 is 0 Å². The Morgan fingerprint density at radius 2 is 2.38 bits per heavy atom. The van der Waals surface area contributed by atoms with Gasteiger partial charge in [0, 0.05) is 18.4 Å². The summed E-state index contributed by atoms with van der Waals surface area (Å²) in [6.45, 7) is 0.495. The third kappa shape index (κ3) is 2.30. The number of hydrogen-bond acceptors (Lipinski definition) is 4. The molecular formula is C11H15N3O2. The SMILES string of the molecule is NC(=O)c1cc(NCC2(O)CCC2)ccn1. The Hall–Kier alpha value is -1.62. The molecule has 1 aromatic heterocycles. The van der Waals surface area contributed by atoms with Gasteiger partial charge in [-0.3, -0.25) is 9.78 Å². The van der Waals surface area contributed by atoms with Crippen LogP contribution in [0.15, 0.2) is 18.3 Å². The molecule has 5 nitrogen and oxygen atoms in total. The first kappa shape index (κ1) is 10.9. The van der Waals surface area contributed by atoms with E-state index in [9.17, 15) is 9.90 Å². The number of amides is 1. The zero-order valence-electron chi connectivity index (χ0n) is 8.94. The van der Waals surface area contributed by atoms with Gasteiger partial charge < -0.3 is 16.2 Å². The molecule has 86 valence electrons. The van der Waals surface area contributed by atoms with Crippen molar-refractivity contribution >= 4 is 11.6 Å². The Labute approximate surface area is 93.7 Å². The fourth-order valence-corrected chi connectivity index (χ4v) is 1.70. The van der Waals surface area contributed by atoms with E-state index in [1.165, 1.54) is 6.20 Å². The molecule has 1 fully saturated rings. The van der Waals surface area contributed by atoms with Gasteiger partial charge in [0.15, 0.2) is 0 Å². The predicted molar refractivity (Wildman–Crippen MR) is 60.0 cm³/mol. The molecule has 0 aromatic carbocycles. The van der Waals surface area contributed by atoms with E-state index < -0.39 is 11.5 Å².